The van der Waals surface area contributed by atoms with Crippen molar-refractivity contribution in [3.63, 3.8) is 0 Å². The second kappa shape index (κ2) is 19.6. The summed E-state index contributed by atoms with van der Waals surface area (Å²) in [4.78, 5) is 73.5. The Morgan fingerprint density at radius 3 is 2.37 bits per heavy atom. The molecule has 0 radical (unpaired) electrons. The van der Waals surface area contributed by atoms with Gasteiger partial charge in [0.15, 0.2) is 0 Å². The number of rotatable bonds is 6. The number of aliphatic hydroxyl groups is 2. The number of carbonyl (C=O) groups excluding carboxylic acids is 5. The fraction of sp³-hybridized carbons (Fsp3) is 0.500. The predicted molar refractivity (Wildman–Crippen MR) is 231 cm³/mol. The Hall–Kier alpha value is -5.33. The lowest BCUT2D eigenvalue weighted by Gasteiger charge is -2.38. The fourth-order valence-electron chi connectivity index (χ4n) is 8.48. The number of Topliss-reactive ketones (excluding diaryl/α,β-unsaturated/α-hetero) is 3. The van der Waals surface area contributed by atoms with Crippen LogP contribution in [0.1, 0.15) is 83.1 Å². The molecule has 1 aliphatic carbocycles. The van der Waals surface area contributed by atoms with E-state index in [0.29, 0.717) is 13.0 Å². The van der Waals surface area contributed by atoms with Crippen LogP contribution in [0.2, 0.25) is 0 Å². The van der Waals surface area contributed by atoms with Crippen molar-refractivity contribution in [2.75, 3.05) is 40.0 Å². The normalized spacial score (nSPS) is 29.6. The fourth-order valence-corrected chi connectivity index (χ4v) is 9.19. The number of allylic oxidation sites excluding steroid dienone is 4. The molecular formula is C46H57N3O13S. The first kappa shape index (κ1) is 47.2. The quantitative estimate of drug-likeness (QED) is 0.264. The van der Waals surface area contributed by atoms with E-state index in [9.17, 15) is 39.3 Å². The number of benzene rings is 1. The molecule has 63 heavy (non-hydrogen) atoms. The van der Waals surface area contributed by atoms with Gasteiger partial charge in [-0.15, -0.1) is 11.3 Å². The molecule has 5 bridgehead atoms. The Balaban J connectivity index is 1.41. The van der Waals surface area contributed by atoms with E-state index in [2.05, 4.69) is 10.6 Å². The molecule has 1 saturated heterocycles. The lowest BCUT2D eigenvalue weighted by atomic mass is 9.78. The van der Waals surface area contributed by atoms with Crippen LogP contribution in [-0.2, 0) is 30.2 Å². The van der Waals surface area contributed by atoms with Crippen molar-refractivity contribution in [3.8, 4) is 11.5 Å². The number of hydrogen-bond acceptors (Lipinski definition) is 15. The van der Waals surface area contributed by atoms with E-state index in [1.807, 2.05) is 17.5 Å². The zero-order valence-electron chi connectivity index (χ0n) is 36.8. The van der Waals surface area contributed by atoms with E-state index < -0.39 is 94.5 Å². The summed E-state index contributed by atoms with van der Waals surface area (Å²) >= 11 is 1.56. The van der Waals surface area contributed by atoms with Gasteiger partial charge in [-0.1, -0.05) is 52.0 Å². The molecule has 1 fully saturated rings. The summed E-state index contributed by atoms with van der Waals surface area (Å²) in [6, 6.07) is 3.89. The highest BCUT2D eigenvalue weighted by Gasteiger charge is 2.53. The van der Waals surface area contributed by atoms with Crippen LogP contribution in [-0.4, -0.2) is 120 Å². The summed E-state index contributed by atoms with van der Waals surface area (Å²) in [6.07, 6.45) is 3.13. The number of ketones is 3. The molecule has 5 aliphatic rings. The van der Waals surface area contributed by atoms with Crippen LogP contribution in [0, 0.1) is 30.6 Å². The number of methoxy groups -OCH3 is 1. The number of phenols is 1. The standard InChI is InChI=1S/C46H57N3O13S/c1-23-11-9-12-24(2)44(56)48-34-35(49-17-20-59-21-18-49)40(54)31-32(39(34)53)38(52)28(6)42-33(31)43(55)46(7,62-42)60-19-15-30(58-8)25(3)41(27(5)37(51)26(4)36(23)50)61-45(57)47-16-14-29-13-10-22-63-29/h9-13,15,19,22-23,25-27,30,36-37,41,50-52H,14,16-18,20-21H2,1-8H3,(H,47,57)(H,48,56)/t23-,25+,26+,27+,30-,36-,37+,41+,46-/m0/s1. The predicted octanol–water partition coefficient (Wildman–Crippen LogP) is 4.76. The molecule has 7 rings (SSSR count). The van der Waals surface area contributed by atoms with Gasteiger partial charge in [0, 0.05) is 73.4 Å². The van der Waals surface area contributed by atoms with Gasteiger partial charge in [-0.05, 0) is 37.8 Å². The highest BCUT2D eigenvalue weighted by atomic mass is 32.1. The van der Waals surface area contributed by atoms with Gasteiger partial charge in [-0.3, -0.25) is 19.2 Å². The van der Waals surface area contributed by atoms with Crippen molar-refractivity contribution < 1.29 is 63.0 Å². The Morgan fingerprint density at radius 1 is 0.984 bits per heavy atom. The second-order valence-electron chi connectivity index (χ2n) is 16.7. The van der Waals surface area contributed by atoms with Gasteiger partial charge in [-0.25, -0.2) is 4.79 Å². The molecule has 5 N–H and O–H groups in total. The minimum atomic E-state index is -2.10. The summed E-state index contributed by atoms with van der Waals surface area (Å²) < 4.78 is 29.5. The molecule has 16 nitrogen and oxygen atoms in total. The Labute approximate surface area is 370 Å². The van der Waals surface area contributed by atoms with Gasteiger partial charge in [-0.2, -0.15) is 0 Å². The molecule has 9 atom stereocenters. The maximum atomic E-state index is 14.8. The largest absolute Gasteiger partial charge is 0.507 e. The topological polar surface area (TPSA) is 219 Å². The minimum Gasteiger partial charge on any atom is -0.507 e. The summed E-state index contributed by atoms with van der Waals surface area (Å²) in [7, 11) is 1.43. The van der Waals surface area contributed by atoms with Gasteiger partial charge in [0.25, 0.3) is 11.7 Å². The molecule has 4 aliphatic heterocycles. The number of aromatic hydroxyl groups is 1. The van der Waals surface area contributed by atoms with Crippen molar-refractivity contribution in [2.45, 2.75) is 85.1 Å². The van der Waals surface area contributed by atoms with E-state index in [4.69, 9.17) is 23.7 Å². The van der Waals surface area contributed by atoms with Crippen molar-refractivity contribution in [2.24, 2.45) is 23.7 Å². The summed E-state index contributed by atoms with van der Waals surface area (Å²) in [5, 5.41) is 42.2. The number of alkyl carbamates (subject to hydrolysis) is 1. The number of carbonyl (C=O) groups is 5. The number of phenolic OH excluding ortho intramolecular Hbond substituents is 1. The number of fused-ring (bicyclic) bond motifs is 14. The van der Waals surface area contributed by atoms with Gasteiger partial charge in [0.2, 0.25) is 11.6 Å². The number of thiophene rings is 1. The van der Waals surface area contributed by atoms with Crippen LogP contribution in [0.5, 0.6) is 11.5 Å². The number of amides is 2. The van der Waals surface area contributed by atoms with Crippen LogP contribution in [0.15, 0.2) is 65.0 Å². The number of morpholine rings is 1. The maximum Gasteiger partial charge on any atom is 0.407 e. The Bertz CT molecular complexity index is 2230. The summed E-state index contributed by atoms with van der Waals surface area (Å²) in [6.45, 7) is 12.3. The van der Waals surface area contributed by atoms with Crippen molar-refractivity contribution in [1.82, 2.24) is 15.5 Å². The molecule has 0 spiro atoms. The van der Waals surface area contributed by atoms with E-state index >= 15 is 0 Å². The van der Waals surface area contributed by atoms with Gasteiger partial charge in [0.05, 0.1) is 54.5 Å². The van der Waals surface area contributed by atoms with Crippen molar-refractivity contribution >= 4 is 40.7 Å². The summed E-state index contributed by atoms with van der Waals surface area (Å²) in [5.74, 6) is -8.74. The molecule has 1 aromatic carbocycles. The molecule has 2 amide bonds. The molecule has 0 unspecified atom stereocenters. The monoisotopic (exact) mass is 891 g/mol. The first-order chi connectivity index (χ1) is 29.9. The first-order valence-corrected chi connectivity index (χ1v) is 22.0. The highest BCUT2D eigenvalue weighted by Crippen LogP contribution is 2.49. The van der Waals surface area contributed by atoms with Crippen LogP contribution >= 0.6 is 11.3 Å². The molecule has 0 saturated carbocycles. The van der Waals surface area contributed by atoms with Crippen molar-refractivity contribution in [3.05, 3.63) is 92.2 Å². The zero-order valence-corrected chi connectivity index (χ0v) is 37.6. The molecule has 2 aromatic rings. The van der Waals surface area contributed by atoms with Crippen LogP contribution < -0.4 is 15.4 Å². The van der Waals surface area contributed by atoms with Gasteiger partial charge in [0.1, 0.15) is 29.0 Å². The van der Waals surface area contributed by atoms with Crippen LogP contribution in [0.4, 0.5) is 4.79 Å². The SMILES string of the molecule is CO[C@H]1C=CO[C@@]2(C)Oc3c(C)c(O)c4c(c3C2=O)C(=O)C(N2CCOCC2)=C(NC(=O)C(C)=CC=C[C@H](C)[C@H](O)[C@@H](C)[C@@H](O)[C@@H](C)[C@H](OC(=O)NCCc2cccs2)[C@@H]1C)C4=O. The third-order valence-corrected chi connectivity index (χ3v) is 13.4. The zero-order chi connectivity index (χ0) is 45.9. The second-order valence-corrected chi connectivity index (χ2v) is 17.7. The minimum absolute atomic E-state index is 0.00286. The third-order valence-electron chi connectivity index (χ3n) is 12.4. The lowest BCUT2D eigenvalue weighted by molar-refractivity contribution is -0.116. The number of aliphatic hydroxyl groups excluding tert-OH is 2. The smallest absolute Gasteiger partial charge is 0.407 e. The van der Waals surface area contributed by atoms with Crippen molar-refractivity contribution in [1.29, 1.82) is 0 Å². The molecule has 5 heterocycles. The maximum absolute atomic E-state index is 14.8. The first-order valence-electron chi connectivity index (χ1n) is 21.1. The number of hydrogen-bond donors (Lipinski definition) is 5. The molecule has 340 valence electrons. The van der Waals surface area contributed by atoms with Crippen LogP contribution in [0.25, 0.3) is 0 Å². The highest BCUT2D eigenvalue weighted by molar-refractivity contribution is 7.09. The lowest BCUT2D eigenvalue weighted by Crippen LogP contribution is -2.47. The average Bonchev–Trinajstić information content (AvgIpc) is 3.88. The average molecular weight is 892 g/mol. The van der Waals surface area contributed by atoms with Gasteiger partial charge < -0.3 is 54.5 Å². The Morgan fingerprint density at radius 2 is 1.70 bits per heavy atom. The molecular weight excluding hydrogens is 835 g/mol. The molecule has 1 aromatic heterocycles. The summed E-state index contributed by atoms with van der Waals surface area (Å²) in [5.41, 5.74) is -1.50. The number of nitrogens with one attached hydrogen (secondary N) is 2. The number of nitrogens with zero attached hydrogens (tertiary/aromatic N) is 1. The van der Waals surface area contributed by atoms with Crippen LogP contribution in [0.3, 0.4) is 0 Å². The Kier molecular flexibility index (Phi) is 14.7. The number of ether oxygens (including phenoxy) is 5. The van der Waals surface area contributed by atoms with E-state index in [1.165, 1.54) is 46.3 Å². The third kappa shape index (κ3) is 9.48. The van der Waals surface area contributed by atoms with E-state index in [0.717, 1.165) is 4.88 Å². The van der Waals surface area contributed by atoms with E-state index in [1.54, 1.807) is 56.1 Å². The molecule has 17 heteroatoms. The van der Waals surface area contributed by atoms with E-state index in [-0.39, 0.29) is 65.7 Å². The van der Waals surface area contributed by atoms with Gasteiger partial charge >= 0.3 is 11.9 Å².